The van der Waals surface area contributed by atoms with Gasteiger partial charge in [0.05, 0.1) is 5.56 Å². The number of pyridine rings is 1. The smallest absolute Gasteiger partial charge is 0.136 e. The molecule has 1 aromatic rings. The lowest BCUT2D eigenvalue weighted by molar-refractivity contribution is 0.523. The molecule has 0 radical (unpaired) electrons. The van der Waals surface area contributed by atoms with Crippen molar-refractivity contribution in [3.8, 4) is 0 Å². The summed E-state index contributed by atoms with van der Waals surface area (Å²) in [4.78, 5) is 4.87. The van der Waals surface area contributed by atoms with Crippen LogP contribution < -0.4 is 11.1 Å². The molecule has 3 nitrogen and oxygen atoms in total. The SMILES string of the molecule is Cc1ccc(C(N)=S)c(NCCCCCCC(C)C)n1. The molecular formula is C16H27N3S. The first kappa shape index (κ1) is 16.9. The highest BCUT2D eigenvalue weighted by Gasteiger charge is 2.06. The summed E-state index contributed by atoms with van der Waals surface area (Å²) in [5.74, 6) is 1.64. The Kier molecular flexibility index (Phi) is 7.52. The lowest BCUT2D eigenvalue weighted by Gasteiger charge is -2.11. The number of aryl methyl sites for hydroxylation is 1. The Labute approximate surface area is 128 Å². The van der Waals surface area contributed by atoms with Crippen molar-refractivity contribution in [3.05, 3.63) is 23.4 Å². The first-order chi connectivity index (χ1) is 9.50. The van der Waals surface area contributed by atoms with Gasteiger partial charge in [-0.1, -0.05) is 51.7 Å². The molecule has 0 bridgehead atoms. The minimum atomic E-state index is 0.400. The summed E-state index contributed by atoms with van der Waals surface area (Å²) in [6.07, 6.45) is 6.39. The highest BCUT2D eigenvalue weighted by atomic mass is 32.1. The fourth-order valence-corrected chi connectivity index (χ4v) is 2.29. The Morgan fingerprint density at radius 3 is 2.60 bits per heavy atom. The largest absolute Gasteiger partial charge is 0.389 e. The Hall–Kier alpha value is -1.16. The molecule has 0 aromatic carbocycles. The van der Waals surface area contributed by atoms with Gasteiger partial charge in [-0.15, -0.1) is 0 Å². The van der Waals surface area contributed by atoms with Gasteiger partial charge in [0.25, 0.3) is 0 Å². The summed E-state index contributed by atoms with van der Waals surface area (Å²) in [6.45, 7) is 7.46. The number of nitrogens with one attached hydrogen (secondary N) is 1. The Bertz CT molecular complexity index is 430. The standard InChI is InChI=1S/C16H27N3S/c1-12(2)8-6-4-5-7-11-18-16-14(15(17)20)10-9-13(3)19-16/h9-10,12H,4-8,11H2,1-3H3,(H2,17,20)(H,18,19). The zero-order valence-electron chi connectivity index (χ0n) is 12.9. The van der Waals surface area contributed by atoms with Crippen molar-refractivity contribution < 1.29 is 0 Å². The lowest BCUT2D eigenvalue weighted by Crippen LogP contribution is -2.15. The van der Waals surface area contributed by atoms with E-state index in [-0.39, 0.29) is 0 Å². The van der Waals surface area contributed by atoms with Gasteiger partial charge < -0.3 is 11.1 Å². The normalized spacial score (nSPS) is 10.8. The Morgan fingerprint density at radius 1 is 1.25 bits per heavy atom. The number of thiocarbonyl (C=S) groups is 1. The predicted molar refractivity (Wildman–Crippen MR) is 91.3 cm³/mol. The maximum absolute atomic E-state index is 5.71. The average Bonchev–Trinajstić information content (AvgIpc) is 2.37. The van der Waals surface area contributed by atoms with Gasteiger partial charge in [-0.3, -0.25) is 0 Å². The molecule has 0 fully saturated rings. The van der Waals surface area contributed by atoms with Gasteiger partial charge in [0.15, 0.2) is 0 Å². The minimum absolute atomic E-state index is 0.400. The summed E-state index contributed by atoms with van der Waals surface area (Å²) in [7, 11) is 0. The van der Waals surface area contributed by atoms with Crippen LogP contribution in [0.3, 0.4) is 0 Å². The molecule has 112 valence electrons. The molecule has 0 aliphatic rings. The van der Waals surface area contributed by atoms with E-state index in [0.717, 1.165) is 36.0 Å². The minimum Gasteiger partial charge on any atom is -0.389 e. The number of unbranched alkanes of at least 4 members (excludes halogenated alkanes) is 3. The van der Waals surface area contributed by atoms with Crippen LogP contribution in [0.15, 0.2) is 12.1 Å². The van der Waals surface area contributed by atoms with Gasteiger partial charge in [0.1, 0.15) is 10.8 Å². The molecular weight excluding hydrogens is 266 g/mol. The summed E-state index contributed by atoms with van der Waals surface area (Å²) in [5, 5.41) is 3.36. The maximum Gasteiger partial charge on any atom is 0.136 e. The topological polar surface area (TPSA) is 50.9 Å². The molecule has 1 rings (SSSR count). The van der Waals surface area contributed by atoms with Crippen LogP contribution in [-0.2, 0) is 0 Å². The molecule has 20 heavy (non-hydrogen) atoms. The monoisotopic (exact) mass is 293 g/mol. The van der Waals surface area contributed by atoms with Crippen LogP contribution in [0.25, 0.3) is 0 Å². The summed E-state index contributed by atoms with van der Waals surface area (Å²) in [6, 6.07) is 3.88. The molecule has 0 atom stereocenters. The van der Waals surface area contributed by atoms with Crippen molar-refractivity contribution >= 4 is 23.0 Å². The van der Waals surface area contributed by atoms with E-state index in [2.05, 4.69) is 24.1 Å². The first-order valence-corrected chi connectivity index (χ1v) is 7.93. The van der Waals surface area contributed by atoms with E-state index in [9.17, 15) is 0 Å². The van der Waals surface area contributed by atoms with Crippen LogP contribution in [0, 0.1) is 12.8 Å². The molecule has 1 heterocycles. The van der Waals surface area contributed by atoms with Crippen LogP contribution in [0.5, 0.6) is 0 Å². The van der Waals surface area contributed by atoms with Crippen LogP contribution in [0.1, 0.15) is 57.2 Å². The van der Waals surface area contributed by atoms with Gasteiger partial charge in [-0.05, 0) is 31.4 Å². The molecule has 0 saturated carbocycles. The van der Waals surface area contributed by atoms with Crippen molar-refractivity contribution in [2.75, 3.05) is 11.9 Å². The second-order valence-electron chi connectivity index (χ2n) is 5.74. The van der Waals surface area contributed by atoms with Crippen molar-refractivity contribution in [2.45, 2.75) is 52.9 Å². The van der Waals surface area contributed by atoms with Gasteiger partial charge in [-0.2, -0.15) is 0 Å². The van der Waals surface area contributed by atoms with E-state index in [1.165, 1.54) is 25.7 Å². The molecule has 0 unspecified atom stereocenters. The van der Waals surface area contributed by atoms with E-state index in [4.69, 9.17) is 18.0 Å². The molecule has 4 heteroatoms. The highest BCUT2D eigenvalue weighted by Crippen LogP contribution is 2.14. The molecule has 0 spiro atoms. The number of nitrogens with zero attached hydrogens (tertiary/aromatic N) is 1. The van der Waals surface area contributed by atoms with Gasteiger partial charge in [-0.25, -0.2) is 4.98 Å². The third-order valence-electron chi connectivity index (χ3n) is 3.30. The number of aromatic nitrogens is 1. The van der Waals surface area contributed by atoms with E-state index in [1.54, 1.807) is 0 Å². The first-order valence-electron chi connectivity index (χ1n) is 7.52. The fourth-order valence-electron chi connectivity index (χ4n) is 2.13. The zero-order chi connectivity index (χ0) is 15.0. The van der Waals surface area contributed by atoms with Crippen molar-refractivity contribution in [1.29, 1.82) is 0 Å². The number of rotatable bonds is 9. The average molecular weight is 293 g/mol. The Morgan fingerprint density at radius 2 is 1.95 bits per heavy atom. The summed E-state index contributed by atoms with van der Waals surface area (Å²) >= 11 is 5.05. The molecule has 1 aromatic heterocycles. The lowest BCUT2D eigenvalue weighted by atomic mass is 10.0. The van der Waals surface area contributed by atoms with Crippen LogP contribution >= 0.6 is 12.2 Å². The maximum atomic E-state index is 5.71. The highest BCUT2D eigenvalue weighted by molar-refractivity contribution is 7.80. The van der Waals surface area contributed by atoms with E-state index in [1.807, 2.05) is 19.1 Å². The van der Waals surface area contributed by atoms with E-state index in [0.29, 0.717) is 4.99 Å². The predicted octanol–water partition coefficient (Wildman–Crippen LogP) is 4.04. The quantitative estimate of drug-likeness (QED) is 0.533. The zero-order valence-corrected chi connectivity index (χ0v) is 13.7. The van der Waals surface area contributed by atoms with Crippen molar-refractivity contribution in [1.82, 2.24) is 4.98 Å². The Balaban J connectivity index is 2.31. The molecule has 0 amide bonds. The second kappa shape index (κ2) is 8.90. The fraction of sp³-hybridized carbons (Fsp3) is 0.625. The number of nitrogens with two attached hydrogens (primary N) is 1. The van der Waals surface area contributed by atoms with Crippen LogP contribution in [0.2, 0.25) is 0 Å². The summed E-state index contributed by atoms with van der Waals surface area (Å²) < 4.78 is 0. The van der Waals surface area contributed by atoms with Crippen LogP contribution in [-0.4, -0.2) is 16.5 Å². The number of anilines is 1. The van der Waals surface area contributed by atoms with Crippen molar-refractivity contribution in [2.24, 2.45) is 11.7 Å². The summed E-state index contributed by atoms with van der Waals surface area (Å²) in [5.41, 5.74) is 7.53. The molecule has 0 aliphatic carbocycles. The molecule has 3 N–H and O–H groups in total. The van der Waals surface area contributed by atoms with Gasteiger partial charge in [0, 0.05) is 12.2 Å². The third kappa shape index (κ3) is 6.33. The molecule has 0 aliphatic heterocycles. The van der Waals surface area contributed by atoms with Gasteiger partial charge >= 0.3 is 0 Å². The van der Waals surface area contributed by atoms with Gasteiger partial charge in [0.2, 0.25) is 0 Å². The molecule has 0 saturated heterocycles. The second-order valence-corrected chi connectivity index (χ2v) is 6.18. The third-order valence-corrected chi connectivity index (χ3v) is 3.52. The number of hydrogen-bond donors (Lipinski definition) is 2. The van der Waals surface area contributed by atoms with E-state index < -0.39 is 0 Å². The number of hydrogen-bond acceptors (Lipinski definition) is 3. The van der Waals surface area contributed by atoms with Crippen LogP contribution in [0.4, 0.5) is 5.82 Å². The van der Waals surface area contributed by atoms with Crippen molar-refractivity contribution in [3.63, 3.8) is 0 Å². The van der Waals surface area contributed by atoms with E-state index >= 15 is 0 Å².